The topological polar surface area (TPSA) is 63.0 Å². The Balaban J connectivity index is 1.47. The van der Waals surface area contributed by atoms with Crippen LogP contribution in [-0.4, -0.2) is 53.5 Å². The van der Waals surface area contributed by atoms with E-state index in [1.165, 1.54) is 0 Å². The van der Waals surface area contributed by atoms with Crippen LogP contribution in [0.5, 0.6) is 0 Å². The SMILES string of the molecule is O=C(CN(C(=O)c1ccc(Br)cc1)C1CC1)N(Cc1ccco1)CC1CCCO1. The summed E-state index contributed by atoms with van der Waals surface area (Å²) in [6.45, 7) is 1.72. The van der Waals surface area contributed by atoms with Gasteiger partial charge in [-0.25, -0.2) is 0 Å². The van der Waals surface area contributed by atoms with E-state index in [1.54, 1.807) is 28.2 Å². The lowest BCUT2D eigenvalue weighted by Crippen LogP contribution is -2.45. The molecule has 2 aliphatic rings. The Morgan fingerprint density at radius 2 is 1.90 bits per heavy atom. The van der Waals surface area contributed by atoms with Gasteiger partial charge in [-0.2, -0.15) is 0 Å². The number of carbonyl (C=O) groups excluding carboxylic acids is 2. The van der Waals surface area contributed by atoms with Crippen molar-refractivity contribution in [2.45, 2.75) is 44.4 Å². The Morgan fingerprint density at radius 1 is 1.10 bits per heavy atom. The smallest absolute Gasteiger partial charge is 0.254 e. The van der Waals surface area contributed by atoms with Crippen molar-refractivity contribution in [3.8, 4) is 0 Å². The van der Waals surface area contributed by atoms with Crippen LogP contribution < -0.4 is 0 Å². The second kappa shape index (κ2) is 9.13. The van der Waals surface area contributed by atoms with Gasteiger partial charge in [-0.05, 0) is 62.1 Å². The fourth-order valence-electron chi connectivity index (χ4n) is 3.64. The Morgan fingerprint density at radius 3 is 2.52 bits per heavy atom. The molecule has 1 aliphatic heterocycles. The third-order valence-electron chi connectivity index (χ3n) is 5.37. The van der Waals surface area contributed by atoms with Crippen LogP contribution in [0.3, 0.4) is 0 Å². The standard InChI is InChI=1S/C22H25BrN2O4/c23-17-7-5-16(6-8-17)22(27)25(18-9-10-18)15-21(26)24(13-19-3-1-11-28-19)14-20-4-2-12-29-20/h1,3,5-8,11,18,20H,2,4,9-10,12-15H2. The van der Waals surface area contributed by atoms with Gasteiger partial charge in [-0.3, -0.25) is 9.59 Å². The quantitative estimate of drug-likeness (QED) is 0.599. The third kappa shape index (κ3) is 5.28. The second-order valence-corrected chi connectivity index (χ2v) is 8.58. The van der Waals surface area contributed by atoms with Gasteiger partial charge in [0.1, 0.15) is 12.3 Å². The molecule has 1 saturated heterocycles. The first-order valence-electron chi connectivity index (χ1n) is 10.1. The lowest BCUT2D eigenvalue weighted by molar-refractivity contribution is -0.134. The number of amides is 2. The minimum Gasteiger partial charge on any atom is -0.467 e. The highest BCUT2D eigenvalue weighted by Crippen LogP contribution is 2.29. The van der Waals surface area contributed by atoms with Crippen LogP contribution in [0.25, 0.3) is 0 Å². The molecule has 6 nitrogen and oxygen atoms in total. The van der Waals surface area contributed by atoms with E-state index in [0.29, 0.717) is 18.7 Å². The summed E-state index contributed by atoms with van der Waals surface area (Å²) in [5, 5.41) is 0. The number of nitrogens with zero attached hydrogens (tertiary/aromatic N) is 2. The summed E-state index contributed by atoms with van der Waals surface area (Å²) in [6.07, 6.45) is 5.51. The summed E-state index contributed by atoms with van der Waals surface area (Å²) < 4.78 is 12.1. The van der Waals surface area contributed by atoms with Crippen molar-refractivity contribution in [2.24, 2.45) is 0 Å². The zero-order valence-electron chi connectivity index (χ0n) is 16.3. The number of benzene rings is 1. The largest absolute Gasteiger partial charge is 0.467 e. The zero-order valence-corrected chi connectivity index (χ0v) is 17.8. The normalized spacial score (nSPS) is 18.6. The molecule has 0 radical (unpaired) electrons. The highest BCUT2D eigenvalue weighted by Gasteiger charge is 2.36. The van der Waals surface area contributed by atoms with Crippen LogP contribution >= 0.6 is 15.9 Å². The second-order valence-electron chi connectivity index (χ2n) is 7.66. The molecule has 1 atom stereocenters. The van der Waals surface area contributed by atoms with Crippen molar-refractivity contribution in [3.63, 3.8) is 0 Å². The number of ether oxygens (including phenoxy) is 1. The lowest BCUT2D eigenvalue weighted by Gasteiger charge is -2.29. The zero-order chi connectivity index (χ0) is 20.2. The van der Waals surface area contributed by atoms with Gasteiger partial charge in [-0.15, -0.1) is 0 Å². The maximum absolute atomic E-state index is 13.2. The van der Waals surface area contributed by atoms with Crippen LogP contribution in [-0.2, 0) is 16.1 Å². The Bertz CT molecular complexity index is 827. The van der Waals surface area contributed by atoms with Gasteiger partial charge < -0.3 is 19.0 Å². The average Bonchev–Trinajstić information content (AvgIpc) is 3.18. The first kappa shape index (κ1) is 20.2. The van der Waals surface area contributed by atoms with E-state index in [9.17, 15) is 9.59 Å². The molecule has 2 amide bonds. The van der Waals surface area contributed by atoms with Crippen LogP contribution in [0.1, 0.15) is 41.8 Å². The third-order valence-corrected chi connectivity index (χ3v) is 5.90. The minimum atomic E-state index is -0.0941. The summed E-state index contributed by atoms with van der Waals surface area (Å²) in [5.74, 6) is 0.561. The molecular formula is C22H25BrN2O4. The molecule has 0 N–H and O–H groups in total. The number of furan rings is 1. The molecule has 1 unspecified atom stereocenters. The van der Waals surface area contributed by atoms with Crippen molar-refractivity contribution in [3.05, 3.63) is 58.5 Å². The van der Waals surface area contributed by atoms with Crippen LogP contribution in [0, 0.1) is 0 Å². The summed E-state index contributed by atoms with van der Waals surface area (Å²) in [7, 11) is 0. The summed E-state index contributed by atoms with van der Waals surface area (Å²) >= 11 is 3.40. The highest BCUT2D eigenvalue weighted by molar-refractivity contribution is 9.10. The monoisotopic (exact) mass is 460 g/mol. The first-order valence-corrected chi connectivity index (χ1v) is 10.9. The van der Waals surface area contributed by atoms with Crippen molar-refractivity contribution < 1.29 is 18.7 Å². The molecule has 0 bridgehead atoms. The molecule has 1 aromatic heterocycles. The van der Waals surface area contributed by atoms with Gasteiger partial charge in [0.2, 0.25) is 5.91 Å². The number of rotatable bonds is 8. The van der Waals surface area contributed by atoms with E-state index in [2.05, 4.69) is 15.9 Å². The van der Waals surface area contributed by atoms with E-state index in [-0.39, 0.29) is 30.5 Å². The fraction of sp³-hybridized carbons (Fsp3) is 0.455. The molecule has 29 heavy (non-hydrogen) atoms. The maximum atomic E-state index is 13.2. The van der Waals surface area contributed by atoms with Gasteiger partial charge in [-0.1, -0.05) is 15.9 Å². The molecule has 4 rings (SSSR count). The van der Waals surface area contributed by atoms with Crippen molar-refractivity contribution in [1.29, 1.82) is 0 Å². The predicted octanol–water partition coefficient (Wildman–Crippen LogP) is 3.85. The summed E-state index contributed by atoms with van der Waals surface area (Å²) in [4.78, 5) is 29.8. The van der Waals surface area contributed by atoms with Crippen LogP contribution in [0.2, 0.25) is 0 Å². The number of hydrogen-bond donors (Lipinski definition) is 0. The van der Waals surface area contributed by atoms with E-state index >= 15 is 0 Å². The van der Waals surface area contributed by atoms with Crippen molar-refractivity contribution >= 4 is 27.7 Å². The van der Waals surface area contributed by atoms with E-state index in [1.807, 2.05) is 24.3 Å². The van der Waals surface area contributed by atoms with Crippen molar-refractivity contribution in [1.82, 2.24) is 9.80 Å². The van der Waals surface area contributed by atoms with E-state index in [4.69, 9.17) is 9.15 Å². The lowest BCUT2D eigenvalue weighted by atomic mass is 10.2. The predicted molar refractivity (Wildman–Crippen MR) is 111 cm³/mol. The fourth-order valence-corrected chi connectivity index (χ4v) is 3.90. The molecule has 7 heteroatoms. The van der Waals surface area contributed by atoms with E-state index < -0.39 is 0 Å². The molecule has 1 aromatic carbocycles. The number of hydrogen-bond acceptors (Lipinski definition) is 4. The minimum absolute atomic E-state index is 0.0467. The molecular weight excluding hydrogens is 436 g/mol. The Kier molecular flexibility index (Phi) is 6.35. The maximum Gasteiger partial charge on any atom is 0.254 e. The average molecular weight is 461 g/mol. The van der Waals surface area contributed by atoms with Gasteiger partial charge in [0, 0.05) is 29.2 Å². The van der Waals surface area contributed by atoms with E-state index in [0.717, 1.165) is 42.5 Å². The first-order chi connectivity index (χ1) is 14.1. The number of halogens is 1. The number of carbonyl (C=O) groups is 2. The van der Waals surface area contributed by atoms with Gasteiger partial charge in [0.05, 0.1) is 18.9 Å². The molecule has 2 heterocycles. The summed E-state index contributed by atoms with van der Waals surface area (Å²) in [6, 6.07) is 11.1. The van der Waals surface area contributed by atoms with Crippen molar-refractivity contribution in [2.75, 3.05) is 19.7 Å². The summed E-state index contributed by atoms with van der Waals surface area (Å²) in [5.41, 5.74) is 0.601. The molecule has 0 spiro atoms. The molecule has 1 saturated carbocycles. The van der Waals surface area contributed by atoms with Gasteiger partial charge in [0.15, 0.2) is 0 Å². The molecule has 2 aromatic rings. The van der Waals surface area contributed by atoms with Crippen LogP contribution in [0.15, 0.2) is 51.6 Å². The molecule has 154 valence electrons. The van der Waals surface area contributed by atoms with Gasteiger partial charge >= 0.3 is 0 Å². The highest BCUT2D eigenvalue weighted by atomic mass is 79.9. The Hall–Kier alpha value is -2.12. The molecule has 2 fully saturated rings. The Labute approximate surface area is 178 Å². The van der Waals surface area contributed by atoms with Gasteiger partial charge in [0.25, 0.3) is 5.91 Å². The van der Waals surface area contributed by atoms with Crippen LogP contribution in [0.4, 0.5) is 0 Å². The molecule has 1 aliphatic carbocycles.